The van der Waals surface area contributed by atoms with Crippen molar-refractivity contribution in [2.24, 2.45) is 0 Å². The average Bonchev–Trinajstić information content (AvgIpc) is 2.57. The van der Waals surface area contributed by atoms with Gasteiger partial charge in [0.05, 0.1) is 6.10 Å². The van der Waals surface area contributed by atoms with Crippen LogP contribution in [0, 0.1) is 11.6 Å². The molecule has 3 rings (SSSR count). The van der Waals surface area contributed by atoms with E-state index in [-0.39, 0.29) is 11.9 Å². The summed E-state index contributed by atoms with van der Waals surface area (Å²) in [4.78, 5) is 2.41. The van der Waals surface area contributed by atoms with E-state index in [4.69, 9.17) is 0 Å². The third kappa shape index (κ3) is 4.28. The Morgan fingerprint density at radius 1 is 1.09 bits per heavy atom. The Morgan fingerprint density at radius 3 is 2.57 bits per heavy atom. The van der Waals surface area contributed by atoms with E-state index >= 15 is 0 Å². The maximum Gasteiger partial charge on any atom is 0.127 e. The summed E-state index contributed by atoms with van der Waals surface area (Å²) in [6.45, 7) is 2.29. The summed E-state index contributed by atoms with van der Waals surface area (Å²) in [6.07, 6.45) is 6.14. The van der Waals surface area contributed by atoms with Crippen LogP contribution < -0.4 is 5.32 Å². The highest BCUT2D eigenvalue weighted by Gasteiger charge is 2.31. The second-order valence-corrected chi connectivity index (χ2v) is 6.85. The zero-order valence-corrected chi connectivity index (χ0v) is 13.5. The number of benzene rings is 1. The molecule has 1 heterocycles. The Bertz CT molecular complexity index is 518. The highest BCUT2D eigenvalue weighted by Crippen LogP contribution is 2.26. The largest absolute Gasteiger partial charge is 0.391 e. The van der Waals surface area contributed by atoms with Crippen molar-refractivity contribution >= 4 is 0 Å². The van der Waals surface area contributed by atoms with Crippen LogP contribution in [0.2, 0.25) is 0 Å². The zero-order valence-electron chi connectivity index (χ0n) is 13.5. The summed E-state index contributed by atoms with van der Waals surface area (Å²) < 4.78 is 26.8. The van der Waals surface area contributed by atoms with Crippen LogP contribution in [0.5, 0.6) is 0 Å². The minimum atomic E-state index is -0.399. The lowest BCUT2D eigenvalue weighted by Crippen LogP contribution is -2.51. The molecule has 1 aliphatic heterocycles. The molecule has 3 nitrogen and oxygen atoms in total. The first-order valence-electron chi connectivity index (χ1n) is 8.73. The lowest BCUT2D eigenvalue weighted by molar-refractivity contribution is 0.00712. The molecule has 0 radical (unpaired) electrons. The van der Waals surface area contributed by atoms with E-state index in [1.165, 1.54) is 18.6 Å². The van der Waals surface area contributed by atoms with Crippen molar-refractivity contribution in [1.82, 2.24) is 10.2 Å². The fraction of sp³-hybridized carbons (Fsp3) is 0.667. The van der Waals surface area contributed by atoms with Crippen LogP contribution in [0.25, 0.3) is 0 Å². The molecule has 0 aromatic heterocycles. The second kappa shape index (κ2) is 7.69. The number of hydrogen-bond acceptors (Lipinski definition) is 3. The van der Waals surface area contributed by atoms with Crippen molar-refractivity contribution in [1.29, 1.82) is 0 Å². The van der Waals surface area contributed by atoms with Crippen molar-refractivity contribution in [2.75, 3.05) is 13.1 Å². The minimum Gasteiger partial charge on any atom is -0.391 e. The van der Waals surface area contributed by atoms with Gasteiger partial charge in [-0.1, -0.05) is 12.8 Å². The Morgan fingerprint density at radius 2 is 1.83 bits per heavy atom. The number of rotatable bonds is 4. The predicted molar refractivity (Wildman–Crippen MR) is 86.1 cm³/mol. The number of hydrogen-bond donors (Lipinski definition) is 2. The molecule has 2 atom stereocenters. The summed E-state index contributed by atoms with van der Waals surface area (Å²) >= 11 is 0. The first kappa shape index (κ1) is 16.8. The van der Waals surface area contributed by atoms with Gasteiger partial charge in [0, 0.05) is 37.3 Å². The summed E-state index contributed by atoms with van der Waals surface area (Å²) in [6, 6.07) is 4.22. The molecule has 2 unspecified atom stereocenters. The number of nitrogens with one attached hydrogen (secondary N) is 1. The minimum absolute atomic E-state index is 0.186. The standard InChI is InChI=1S/C18H26F2N2O/c19-14-5-6-16(20)13(11-14)12-21-15-7-9-22(10-8-15)17-3-1-2-4-18(17)23/h5-6,11,15,17-18,21,23H,1-4,7-10,12H2. The number of aliphatic hydroxyl groups excluding tert-OH is 1. The molecule has 1 aliphatic carbocycles. The topological polar surface area (TPSA) is 35.5 Å². The van der Waals surface area contributed by atoms with E-state index in [0.717, 1.165) is 51.3 Å². The van der Waals surface area contributed by atoms with Crippen LogP contribution >= 0.6 is 0 Å². The number of halogens is 2. The molecule has 0 amide bonds. The molecule has 2 N–H and O–H groups in total. The van der Waals surface area contributed by atoms with Gasteiger partial charge in [0.15, 0.2) is 0 Å². The van der Waals surface area contributed by atoms with Gasteiger partial charge in [0.25, 0.3) is 0 Å². The Hall–Kier alpha value is -1.04. The van der Waals surface area contributed by atoms with Crippen LogP contribution in [-0.4, -0.2) is 41.3 Å². The van der Waals surface area contributed by atoms with E-state index in [2.05, 4.69) is 10.2 Å². The Labute approximate surface area is 136 Å². The maximum absolute atomic E-state index is 13.6. The lowest BCUT2D eigenvalue weighted by atomic mass is 9.89. The predicted octanol–water partition coefficient (Wildman–Crippen LogP) is 2.82. The van der Waals surface area contributed by atoms with E-state index in [0.29, 0.717) is 24.2 Å². The van der Waals surface area contributed by atoms with Gasteiger partial charge in [-0.3, -0.25) is 4.90 Å². The third-order valence-corrected chi connectivity index (χ3v) is 5.28. The Balaban J connectivity index is 1.46. The van der Waals surface area contributed by atoms with Crippen LogP contribution in [0.3, 0.4) is 0 Å². The molecule has 0 bridgehead atoms. The van der Waals surface area contributed by atoms with Gasteiger partial charge in [-0.15, -0.1) is 0 Å². The molecule has 1 aromatic rings. The van der Waals surface area contributed by atoms with Gasteiger partial charge in [-0.25, -0.2) is 8.78 Å². The first-order valence-corrected chi connectivity index (χ1v) is 8.73. The SMILES string of the molecule is OC1CCCCC1N1CCC(NCc2cc(F)ccc2F)CC1. The molecule has 1 aromatic carbocycles. The summed E-state index contributed by atoms with van der Waals surface area (Å²) in [5.41, 5.74) is 0.384. The molecule has 2 aliphatic rings. The molecule has 1 saturated heterocycles. The first-order chi connectivity index (χ1) is 11.1. The number of piperidine rings is 1. The summed E-state index contributed by atoms with van der Waals surface area (Å²) in [5.74, 6) is -0.758. The van der Waals surface area contributed by atoms with Gasteiger partial charge in [-0.05, 0) is 43.9 Å². The third-order valence-electron chi connectivity index (χ3n) is 5.28. The summed E-state index contributed by atoms with van der Waals surface area (Å²) in [7, 11) is 0. The van der Waals surface area contributed by atoms with E-state index in [1.54, 1.807) is 0 Å². The fourth-order valence-electron chi connectivity index (χ4n) is 3.89. The maximum atomic E-state index is 13.6. The number of nitrogens with zero attached hydrogens (tertiary/aromatic N) is 1. The molecular formula is C18H26F2N2O. The molecular weight excluding hydrogens is 298 g/mol. The number of aliphatic hydroxyl groups is 1. The van der Waals surface area contributed by atoms with Gasteiger partial charge < -0.3 is 10.4 Å². The highest BCUT2D eigenvalue weighted by atomic mass is 19.1. The van der Waals surface area contributed by atoms with E-state index in [9.17, 15) is 13.9 Å². The van der Waals surface area contributed by atoms with Gasteiger partial charge >= 0.3 is 0 Å². The summed E-state index contributed by atoms with van der Waals surface area (Å²) in [5, 5.41) is 13.5. The van der Waals surface area contributed by atoms with Crippen LogP contribution in [0.1, 0.15) is 44.1 Å². The average molecular weight is 324 g/mol. The molecule has 23 heavy (non-hydrogen) atoms. The lowest BCUT2D eigenvalue weighted by Gasteiger charge is -2.41. The van der Waals surface area contributed by atoms with Crippen molar-refractivity contribution in [3.8, 4) is 0 Å². The van der Waals surface area contributed by atoms with Crippen molar-refractivity contribution in [3.05, 3.63) is 35.4 Å². The molecule has 1 saturated carbocycles. The second-order valence-electron chi connectivity index (χ2n) is 6.85. The van der Waals surface area contributed by atoms with Crippen molar-refractivity contribution in [2.45, 2.75) is 63.3 Å². The number of likely N-dealkylation sites (tertiary alicyclic amines) is 1. The molecule has 0 spiro atoms. The van der Waals surface area contributed by atoms with Gasteiger partial charge in [0.2, 0.25) is 0 Å². The van der Waals surface area contributed by atoms with Crippen LogP contribution in [0.15, 0.2) is 18.2 Å². The van der Waals surface area contributed by atoms with Gasteiger partial charge in [0.1, 0.15) is 11.6 Å². The van der Waals surface area contributed by atoms with Crippen LogP contribution in [-0.2, 0) is 6.54 Å². The van der Waals surface area contributed by atoms with E-state index < -0.39 is 5.82 Å². The highest BCUT2D eigenvalue weighted by molar-refractivity contribution is 5.18. The quantitative estimate of drug-likeness (QED) is 0.894. The molecule has 128 valence electrons. The van der Waals surface area contributed by atoms with Crippen LogP contribution in [0.4, 0.5) is 8.78 Å². The fourth-order valence-corrected chi connectivity index (χ4v) is 3.89. The van der Waals surface area contributed by atoms with Gasteiger partial charge in [-0.2, -0.15) is 0 Å². The van der Waals surface area contributed by atoms with Crippen molar-refractivity contribution < 1.29 is 13.9 Å². The Kier molecular flexibility index (Phi) is 5.62. The van der Waals surface area contributed by atoms with Crippen molar-refractivity contribution in [3.63, 3.8) is 0 Å². The monoisotopic (exact) mass is 324 g/mol. The van der Waals surface area contributed by atoms with E-state index in [1.807, 2.05) is 0 Å². The normalized spacial score (nSPS) is 27.3. The smallest absolute Gasteiger partial charge is 0.127 e. The molecule has 2 fully saturated rings. The zero-order chi connectivity index (χ0) is 16.2. The molecule has 5 heteroatoms.